The number of benzene rings is 1. The van der Waals surface area contributed by atoms with E-state index in [2.05, 4.69) is 15.9 Å². The van der Waals surface area contributed by atoms with Gasteiger partial charge in [0.15, 0.2) is 0 Å². The van der Waals surface area contributed by atoms with E-state index < -0.39 is 22.7 Å². The summed E-state index contributed by atoms with van der Waals surface area (Å²) in [4.78, 5) is -0.118. The summed E-state index contributed by atoms with van der Waals surface area (Å²) >= 11 is 3.23. The van der Waals surface area contributed by atoms with Gasteiger partial charge in [0.05, 0.1) is 4.90 Å². The van der Waals surface area contributed by atoms with E-state index in [1.165, 1.54) is 12.1 Å². The molecule has 0 aliphatic carbocycles. The quantitative estimate of drug-likeness (QED) is 0.664. The van der Waals surface area contributed by atoms with Crippen molar-refractivity contribution in [2.24, 2.45) is 0 Å². The highest BCUT2D eigenvalue weighted by Gasteiger charge is 2.36. The van der Waals surface area contributed by atoms with Crippen LogP contribution in [0.25, 0.3) is 0 Å². The van der Waals surface area contributed by atoms with E-state index >= 15 is 0 Å². The van der Waals surface area contributed by atoms with E-state index in [9.17, 15) is 21.6 Å². The maximum Gasteiger partial charge on any atom is 0.402 e. The van der Waals surface area contributed by atoms with Crippen LogP contribution < -0.4 is 0 Å². The number of nitrogens with zero attached hydrogens (tertiary/aromatic N) is 1. The van der Waals surface area contributed by atoms with Gasteiger partial charge in [-0.3, -0.25) is 0 Å². The van der Waals surface area contributed by atoms with Gasteiger partial charge in [0.25, 0.3) is 0 Å². The number of hydrogen-bond acceptors (Lipinski definition) is 2. The second-order valence-corrected chi connectivity index (χ2v) is 7.08. The molecule has 0 aliphatic rings. The average molecular weight is 388 g/mol. The third kappa shape index (κ3) is 5.60. The fraction of sp³-hybridized carbons (Fsp3) is 0.538. The van der Waals surface area contributed by atoms with Crippen molar-refractivity contribution in [2.75, 3.05) is 13.1 Å². The van der Waals surface area contributed by atoms with Gasteiger partial charge in [0, 0.05) is 11.9 Å². The highest BCUT2D eigenvalue weighted by molar-refractivity contribution is 9.08. The van der Waals surface area contributed by atoms with E-state index in [1.807, 2.05) is 0 Å². The van der Waals surface area contributed by atoms with Gasteiger partial charge in [-0.1, -0.05) is 41.4 Å². The molecule has 0 amide bonds. The number of alkyl halides is 4. The first-order chi connectivity index (χ1) is 9.70. The Morgan fingerprint density at radius 2 is 1.76 bits per heavy atom. The normalized spacial score (nSPS) is 12.9. The molecule has 0 radical (unpaired) electrons. The summed E-state index contributed by atoms with van der Waals surface area (Å²) in [5, 5.41) is 0.551. The predicted molar refractivity (Wildman–Crippen MR) is 78.8 cm³/mol. The lowest BCUT2D eigenvalue weighted by molar-refractivity contribution is -0.136. The number of halogens is 4. The van der Waals surface area contributed by atoms with Gasteiger partial charge in [-0.25, -0.2) is 8.42 Å². The number of hydrogen-bond donors (Lipinski definition) is 0. The maximum absolute atomic E-state index is 12.6. The zero-order valence-corrected chi connectivity index (χ0v) is 13.9. The Bertz CT molecular complexity index is 544. The van der Waals surface area contributed by atoms with E-state index in [4.69, 9.17) is 0 Å². The van der Waals surface area contributed by atoms with Crippen LogP contribution in [0.2, 0.25) is 0 Å². The van der Waals surface area contributed by atoms with Crippen LogP contribution in [0, 0.1) is 0 Å². The fourth-order valence-corrected chi connectivity index (χ4v) is 3.56. The van der Waals surface area contributed by atoms with Gasteiger partial charge < -0.3 is 0 Å². The lowest BCUT2D eigenvalue weighted by Crippen LogP contribution is -2.39. The summed E-state index contributed by atoms with van der Waals surface area (Å²) in [5.41, 5.74) is 0.852. The molecule has 0 aromatic heterocycles. The topological polar surface area (TPSA) is 37.4 Å². The Morgan fingerprint density at radius 3 is 2.19 bits per heavy atom. The van der Waals surface area contributed by atoms with Gasteiger partial charge in [0.1, 0.15) is 6.54 Å². The molecule has 0 N–H and O–H groups in total. The third-order valence-electron chi connectivity index (χ3n) is 2.83. The van der Waals surface area contributed by atoms with Gasteiger partial charge in [0.2, 0.25) is 10.0 Å². The smallest absolute Gasteiger partial charge is 0.207 e. The van der Waals surface area contributed by atoms with Crippen molar-refractivity contribution in [3.05, 3.63) is 29.8 Å². The minimum absolute atomic E-state index is 0.118. The second-order valence-electron chi connectivity index (χ2n) is 4.58. The standard InChI is InChI=1S/C13H17BrF3NO2S/c1-2-3-8-18(10-13(15,16)17)21(19,20)12-6-4-11(9-14)5-7-12/h4-7H,2-3,8-10H2,1H3. The van der Waals surface area contributed by atoms with Crippen LogP contribution in [0.1, 0.15) is 25.3 Å². The molecule has 0 heterocycles. The van der Waals surface area contributed by atoms with Gasteiger partial charge in [-0.2, -0.15) is 17.5 Å². The third-order valence-corrected chi connectivity index (χ3v) is 5.34. The van der Waals surface area contributed by atoms with Crippen molar-refractivity contribution in [1.29, 1.82) is 0 Å². The molecule has 120 valence electrons. The Hall–Kier alpha value is -0.600. The van der Waals surface area contributed by atoms with E-state index in [0.717, 1.165) is 5.56 Å². The predicted octanol–water partition coefficient (Wildman–Crippen LogP) is 3.93. The first-order valence-corrected chi connectivity index (χ1v) is 8.98. The zero-order chi connectivity index (χ0) is 16.1. The highest BCUT2D eigenvalue weighted by Crippen LogP contribution is 2.23. The summed E-state index contributed by atoms with van der Waals surface area (Å²) in [5.74, 6) is 0. The molecule has 3 nitrogen and oxygen atoms in total. The summed E-state index contributed by atoms with van der Waals surface area (Å²) in [6.07, 6.45) is -3.56. The van der Waals surface area contributed by atoms with Gasteiger partial charge in [-0.15, -0.1) is 0 Å². The van der Waals surface area contributed by atoms with Crippen molar-refractivity contribution in [3.63, 3.8) is 0 Å². The largest absolute Gasteiger partial charge is 0.402 e. The van der Waals surface area contributed by atoms with Crippen LogP contribution in [0.5, 0.6) is 0 Å². The van der Waals surface area contributed by atoms with Crippen LogP contribution in [-0.4, -0.2) is 32.0 Å². The molecule has 21 heavy (non-hydrogen) atoms. The first-order valence-electron chi connectivity index (χ1n) is 6.42. The van der Waals surface area contributed by atoms with Crippen molar-refractivity contribution >= 4 is 26.0 Å². The Labute approximate surface area is 131 Å². The molecule has 0 saturated carbocycles. The maximum atomic E-state index is 12.6. The summed E-state index contributed by atoms with van der Waals surface area (Å²) in [6.45, 7) is 0.192. The van der Waals surface area contributed by atoms with Crippen molar-refractivity contribution in [3.8, 4) is 0 Å². The summed E-state index contributed by atoms with van der Waals surface area (Å²) < 4.78 is 62.9. The van der Waals surface area contributed by atoms with E-state index in [1.54, 1.807) is 19.1 Å². The summed E-state index contributed by atoms with van der Waals surface area (Å²) in [7, 11) is -4.13. The molecule has 0 bridgehead atoms. The lowest BCUT2D eigenvalue weighted by atomic mass is 10.2. The molecular weight excluding hydrogens is 371 g/mol. The van der Waals surface area contributed by atoms with E-state index in [0.29, 0.717) is 22.5 Å². The number of sulfonamides is 1. The van der Waals surface area contributed by atoms with Gasteiger partial charge in [-0.05, 0) is 24.1 Å². The summed E-state index contributed by atoms with van der Waals surface area (Å²) in [6, 6.07) is 5.82. The van der Waals surface area contributed by atoms with Gasteiger partial charge >= 0.3 is 6.18 Å². The molecule has 0 spiro atoms. The monoisotopic (exact) mass is 387 g/mol. The molecule has 8 heteroatoms. The Kier molecular flexibility index (Phi) is 6.68. The number of rotatable bonds is 7. The molecule has 1 aromatic carbocycles. The second kappa shape index (κ2) is 7.60. The van der Waals surface area contributed by atoms with Crippen LogP contribution in [-0.2, 0) is 15.4 Å². The molecule has 0 unspecified atom stereocenters. The van der Waals surface area contributed by atoms with Crippen molar-refractivity contribution < 1.29 is 21.6 Å². The van der Waals surface area contributed by atoms with Crippen LogP contribution >= 0.6 is 15.9 Å². The van der Waals surface area contributed by atoms with Crippen molar-refractivity contribution in [2.45, 2.75) is 36.2 Å². The van der Waals surface area contributed by atoms with E-state index in [-0.39, 0.29) is 11.4 Å². The van der Waals surface area contributed by atoms with Crippen LogP contribution in [0.15, 0.2) is 29.2 Å². The minimum Gasteiger partial charge on any atom is -0.207 e. The Morgan fingerprint density at radius 1 is 1.19 bits per heavy atom. The molecule has 1 aromatic rings. The molecule has 1 rings (SSSR count). The molecular formula is C13H17BrF3NO2S. The molecule has 0 fully saturated rings. The lowest BCUT2D eigenvalue weighted by Gasteiger charge is -2.23. The zero-order valence-electron chi connectivity index (χ0n) is 11.5. The molecule has 0 aliphatic heterocycles. The van der Waals surface area contributed by atoms with Crippen LogP contribution in [0.4, 0.5) is 13.2 Å². The van der Waals surface area contributed by atoms with Crippen molar-refractivity contribution in [1.82, 2.24) is 4.31 Å². The fourth-order valence-electron chi connectivity index (χ4n) is 1.72. The Balaban J connectivity index is 3.06. The SMILES string of the molecule is CCCCN(CC(F)(F)F)S(=O)(=O)c1ccc(CBr)cc1. The molecule has 0 saturated heterocycles. The minimum atomic E-state index is -4.56. The first kappa shape index (κ1) is 18.4. The average Bonchev–Trinajstić information content (AvgIpc) is 2.42. The van der Waals surface area contributed by atoms with Crippen LogP contribution in [0.3, 0.4) is 0 Å². The number of unbranched alkanes of at least 4 members (excludes halogenated alkanes) is 1. The highest BCUT2D eigenvalue weighted by atomic mass is 79.9. The molecule has 0 atom stereocenters.